The van der Waals surface area contributed by atoms with E-state index >= 15 is 0 Å². The number of aliphatic hydroxyl groups is 1. The molecule has 2 rings (SSSR count). The number of Topliss-reactive ketones (excluding diaryl/α,β-unsaturated/α-hetero) is 1. The molecule has 1 saturated carbocycles. The normalized spacial score (nSPS) is 25.2. The van der Waals surface area contributed by atoms with E-state index in [1.54, 1.807) is 0 Å². The molecule has 8 heteroatoms. The van der Waals surface area contributed by atoms with Gasteiger partial charge in [0.15, 0.2) is 5.69 Å². The molecule has 1 aliphatic carbocycles. The minimum Gasteiger partial charge on any atom is -0.391 e. The Bertz CT molecular complexity index is 429. The number of nitrogens with zero attached hydrogens (tertiary/aromatic N) is 3. The summed E-state index contributed by atoms with van der Waals surface area (Å²) in [5.41, 5.74) is -0.739. The van der Waals surface area contributed by atoms with Crippen LogP contribution in [0.5, 0.6) is 0 Å². The van der Waals surface area contributed by atoms with Crippen LogP contribution >= 0.6 is 0 Å². The van der Waals surface area contributed by atoms with Crippen LogP contribution in [0.15, 0.2) is 6.20 Å². The van der Waals surface area contributed by atoms with E-state index in [4.69, 9.17) is 0 Å². The Morgan fingerprint density at radius 2 is 2.18 bits per heavy atom. The Morgan fingerprint density at radius 3 is 2.71 bits per heavy atom. The molecule has 0 bridgehead atoms. The van der Waals surface area contributed by atoms with Gasteiger partial charge in [-0.3, -0.25) is 4.79 Å². The van der Waals surface area contributed by atoms with Gasteiger partial charge in [-0.15, -0.1) is 5.10 Å². The number of hydrogen-bond donors (Lipinski definition) is 1. The van der Waals surface area contributed by atoms with Gasteiger partial charge in [0.25, 0.3) is 5.78 Å². The summed E-state index contributed by atoms with van der Waals surface area (Å²) in [4.78, 5) is 10.9. The van der Waals surface area contributed by atoms with E-state index in [1.165, 1.54) is 0 Å². The molecular formula is C9H10F3N3O2. The zero-order valence-corrected chi connectivity index (χ0v) is 8.68. The van der Waals surface area contributed by atoms with Crippen molar-refractivity contribution in [1.82, 2.24) is 15.0 Å². The van der Waals surface area contributed by atoms with Crippen LogP contribution in [-0.2, 0) is 0 Å². The minimum absolute atomic E-state index is 0.391. The van der Waals surface area contributed by atoms with Crippen molar-refractivity contribution in [2.45, 2.75) is 37.6 Å². The molecule has 94 valence electrons. The number of aromatic nitrogens is 3. The van der Waals surface area contributed by atoms with Gasteiger partial charge >= 0.3 is 6.18 Å². The van der Waals surface area contributed by atoms with Gasteiger partial charge in [0.05, 0.1) is 18.3 Å². The van der Waals surface area contributed by atoms with Crippen LogP contribution in [0, 0.1) is 0 Å². The van der Waals surface area contributed by atoms with Crippen molar-refractivity contribution in [3.8, 4) is 0 Å². The molecular weight excluding hydrogens is 239 g/mol. The van der Waals surface area contributed by atoms with Crippen LogP contribution in [0.25, 0.3) is 0 Å². The molecule has 5 nitrogen and oxygen atoms in total. The Balaban J connectivity index is 2.19. The Hall–Kier alpha value is -1.44. The zero-order chi connectivity index (χ0) is 12.6. The second-order valence-electron chi connectivity index (χ2n) is 3.98. The second-order valence-corrected chi connectivity index (χ2v) is 3.98. The van der Waals surface area contributed by atoms with Crippen LogP contribution in [0.4, 0.5) is 13.2 Å². The average molecular weight is 249 g/mol. The first-order valence-corrected chi connectivity index (χ1v) is 5.11. The number of alkyl halides is 3. The predicted octanol–water partition coefficient (Wildman–Crippen LogP) is 1.11. The van der Waals surface area contributed by atoms with Crippen molar-refractivity contribution in [2.75, 3.05) is 0 Å². The summed E-state index contributed by atoms with van der Waals surface area (Å²) in [6.45, 7) is 0. The molecule has 1 aromatic rings. The molecule has 1 N–H and O–H groups in total. The van der Waals surface area contributed by atoms with E-state index in [-0.39, 0.29) is 0 Å². The van der Waals surface area contributed by atoms with Crippen LogP contribution in [0.1, 0.15) is 35.8 Å². The van der Waals surface area contributed by atoms with E-state index < -0.39 is 29.8 Å². The number of rotatable bonds is 2. The third kappa shape index (κ3) is 2.31. The van der Waals surface area contributed by atoms with Crippen molar-refractivity contribution >= 4 is 5.78 Å². The molecule has 2 unspecified atom stereocenters. The van der Waals surface area contributed by atoms with Gasteiger partial charge in [0.2, 0.25) is 0 Å². The summed E-state index contributed by atoms with van der Waals surface area (Å²) < 4.78 is 37.5. The predicted molar refractivity (Wildman–Crippen MR) is 49.3 cm³/mol. The number of aliphatic hydroxyl groups excluding tert-OH is 1. The van der Waals surface area contributed by atoms with Crippen molar-refractivity contribution in [1.29, 1.82) is 0 Å². The van der Waals surface area contributed by atoms with Crippen LogP contribution in [0.3, 0.4) is 0 Å². The van der Waals surface area contributed by atoms with Gasteiger partial charge in [-0.05, 0) is 19.3 Å². The maximum Gasteiger partial charge on any atom is 0.456 e. The summed E-state index contributed by atoms with van der Waals surface area (Å²) >= 11 is 0. The summed E-state index contributed by atoms with van der Waals surface area (Å²) in [6, 6.07) is -0.391. The summed E-state index contributed by atoms with van der Waals surface area (Å²) in [5.74, 6) is -2.02. The van der Waals surface area contributed by atoms with Crippen molar-refractivity contribution < 1.29 is 23.1 Å². The monoisotopic (exact) mass is 249 g/mol. The number of halogens is 3. The molecule has 0 aromatic carbocycles. The SMILES string of the molecule is O=C(c1cn(C2CCCC2O)nn1)C(F)(F)F. The summed E-state index contributed by atoms with van der Waals surface area (Å²) in [6.07, 6.45) is -2.69. The van der Waals surface area contributed by atoms with Gasteiger partial charge < -0.3 is 5.11 Å². The third-order valence-electron chi connectivity index (χ3n) is 2.78. The fourth-order valence-electron chi connectivity index (χ4n) is 1.92. The minimum atomic E-state index is -4.95. The maximum atomic E-state index is 12.1. The van der Waals surface area contributed by atoms with E-state index in [0.29, 0.717) is 12.8 Å². The molecule has 0 radical (unpaired) electrons. The standard InChI is InChI=1S/C9H10F3N3O2/c10-9(11,12)8(17)5-4-15(14-13-5)6-2-1-3-7(6)16/h4,6-7,16H,1-3H2. The van der Waals surface area contributed by atoms with Crippen molar-refractivity contribution in [2.24, 2.45) is 0 Å². The van der Waals surface area contributed by atoms with Gasteiger partial charge in [0, 0.05) is 0 Å². The highest BCUT2D eigenvalue weighted by atomic mass is 19.4. The molecule has 1 aromatic heterocycles. The molecule has 2 atom stereocenters. The average Bonchev–Trinajstić information content (AvgIpc) is 2.83. The maximum absolute atomic E-state index is 12.1. The largest absolute Gasteiger partial charge is 0.456 e. The van der Waals surface area contributed by atoms with E-state index in [2.05, 4.69) is 10.3 Å². The summed E-state index contributed by atoms with van der Waals surface area (Å²) in [5, 5.41) is 16.2. The highest BCUT2D eigenvalue weighted by molar-refractivity contribution is 5.98. The van der Waals surface area contributed by atoms with Crippen LogP contribution < -0.4 is 0 Å². The number of ketones is 1. The number of hydrogen-bond acceptors (Lipinski definition) is 4. The van der Waals surface area contributed by atoms with Gasteiger partial charge in [-0.1, -0.05) is 5.21 Å². The molecule has 0 amide bonds. The first-order valence-electron chi connectivity index (χ1n) is 5.11. The molecule has 0 saturated heterocycles. The second kappa shape index (κ2) is 4.10. The van der Waals surface area contributed by atoms with Crippen LogP contribution in [-0.4, -0.2) is 38.2 Å². The molecule has 17 heavy (non-hydrogen) atoms. The highest BCUT2D eigenvalue weighted by Gasteiger charge is 2.41. The molecule has 1 fully saturated rings. The van der Waals surface area contributed by atoms with E-state index in [0.717, 1.165) is 17.3 Å². The topological polar surface area (TPSA) is 68.0 Å². The lowest BCUT2D eigenvalue weighted by Gasteiger charge is -2.13. The molecule has 0 aliphatic heterocycles. The first-order chi connectivity index (χ1) is 7.89. The number of carbonyl (C=O) groups excluding carboxylic acids is 1. The Labute approximate surface area is 94.2 Å². The Morgan fingerprint density at radius 1 is 1.47 bits per heavy atom. The quantitative estimate of drug-likeness (QED) is 0.797. The van der Waals surface area contributed by atoms with Crippen molar-refractivity contribution in [3.63, 3.8) is 0 Å². The van der Waals surface area contributed by atoms with E-state index in [1.807, 2.05) is 0 Å². The molecule has 1 heterocycles. The highest BCUT2D eigenvalue weighted by Crippen LogP contribution is 2.29. The lowest BCUT2D eigenvalue weighted by Crippen LogP contribution is -2.23. The first kappa shape index (κ1) is 12.0. The Kier molecular flexibility index (Phi) is 2.90. The lowest BCUT2D eigenvalue weighted by atomic mass is 10.2. The summed E-state index contributed by atoms with van der Waals surface area (Å²) in [7, 11) is 0. The van der Waals surface area contributed by atoms with Gasteiger partial charge in [0.1, 0.15) is 0 Å². The zero-order valence-electron chi connectivity index (χ0n) is 8.68. The fraction of sp³-hybridized carbons (Fsp3) is 0.667. The number of carbonyl (C=O) groups is 1. The lowest BCUT2D eigenvalue weighted by molar-refractivity contribution is -0.0888. The van der Waals surface area contributed by atoms with E-state index in [9.17, 15) is 23.1 Å². The van der Waals surface area contributed by atoms with Gasteiger partial charge in [-0.2, -0.15) is 13.2 Å². The van der Waals surface area contributed by atoms with Crippen molar-refractivity contribution in [3.05, 3.63) is 11.9 Å². The molecule has 1 aliphatic rings. The van der Waals surface area contributed by atoms with Gasteiger partial charge in [-0.25, -0.2) is 4.68 Å². The molecule has 0 spiro atoms. The van der Waals surface area contributed by atoms with Crippen LogP contribution in [0.2, 0.25) is 0 Å². The fourth-order valence-corrected chi connectivity index (χ4v) is 1.92. The smallest absolute Gasteiger partial charge is 0.391 e. The third-order valence-corrected chi connectivity index (χ3v) is 2.78.